The molecule has 1 fully saturated rings. The SMILES string of the molecule is CCc1ccc(OCC(O)CN2CCN(c3ccc(C(C)=O)cc3)CC2)cc1. The van der Waals surface area contributed by atoms with Crippen LogP contribution in [0.2, 0.25) is 0 Å². The van der Waals surface area contributed by atoms with Gasteiger partial charge in [0.25, 0.3) is 0 Å². The van der Waals surface area contributed by atoms with Gasteiger partial charge in [-0.3, -0.25) is 9.69 Å². The van der Waals surface area contributed by atoms with Gasteiger partial charge in [0.2, 0.25) is 0 Å². The number of carbonyl (C=O) groups excluding carboxylic acids is 1. The predicted molar refractivity (Wildman–Crippen MR) is 112 cm³/mol. The maximum Gasteiger partial charge on any atom is 0.159 e. The summed E-state index contributed by atoms with van der Waals surface area (Å²) in [5, 5.41) is 10.3. The third-order valence-electron chi connectivity index (χ3n) is 5.25. The summed E-state index contributed by atoms with van der Waals surface area (Å²) in [7, 11) is 0. The van der Waals surface area contributed by atoms with Crippen LogP contribution in [0.1, 0.15) is 29.8 Å². The number of ether oxygens (including phenoxy) is 1. The van der Waals surface area contributed by atoms with Crippen LogP contribution in [-0.4, -0.2) is 61.2 Å². The molecule has 5 nitrogen and oxygen atoms in total. The van der Waals surface area contributed by atoms with Gasteiger partial charge in [0.05, 0.1) is 0 Å². The Morgan fingerprint density at radius 2 is 1.68 bits per heavy atom. The number of anilines is 1. The quantitative estimate of drug-likeness (QED) is 0.712. The van der Waals surface area contributed by atoms with E-state index in [4.69, 9.17) is 4.74 Å². The van der Waals surface area contributed by atoms with E-state index in [0.717, 1.165) is 49.6 Å². The highest BCUT2D eigenvalue weighted by Gasteiger charge is 2.20. The van der Waals surface area contributed by atoms with Gasteiger partial charge >= 0.3 is 0 Å². The van der Waals surface area contributed by atoms with Gasteiger partial charge in [-0.25, -0.2) is 0 Å². The number of piperazine rings is 1. The van der Waals surface area contributed by atoms with Crippen molar-refractivity contribution in [3.8, 4) is 5.75 Å². The lowest BCUT2D eigenvalue weighted by atomic mass is 10.1. The van der Waals surface area contributed by atoms with Crippen LogP contribution in [0.3, 0.4) is 0 Å². The zero-order valence-corrected chi connectivity index (χ0v) is 16.8. The molecular weight excluding hydrogens is 352 g/mol. The summed E-state index contributed by atoms with van der Waals surface area (Å²) in [6.07, 6.45) is 0.503. The molecule has 1 N–H and O–H groups in total. The van der Waals surface area contributed by atoms with Crippen LogP contribution in [0, 0.1) is 0 Å². The molecule has 0 aromatic heterocycles. The Morgan fingerprint density at radius 1 is 1.04 bits per heavy atom. The minimum atomic E-state index is -0.507. The first-order chi connectivity index (χ1) is 13.5. The minimum absolute atomic E-state index is 0.0916. The van der Waals surface area contributed by atoms with Crippen molar-refractivity contribution in [1.82, 2.24) is 4.90 Å². The van der Waals surface area contributed by atoms with Crippen LogP contribution in [0.15, 0.2) is 48.5 Å². The van der Waals surface area contributed by atoms with E-state index in [1.165, 1.54) is 5.56 Å². The van der Waals surface area contributed by atoms with Gasteiger partial charge in [0.15, 0.2) is 5.78 Å². The van der Waals surface area contributed by atoms with Gasteiger partial charge in [-0.15, -0.1) is 0 Å². The number of rotatable bonds is 8. The standard InChI is InChI=1S/C23H30N2O3/c1-3-19-4-10-23(11-5-19)28-17-22(27)16-24-12-14-25(15-13-24)21-8-6-20(7-9-21)18(2)26/h4-11,22,27H,3,12-17H2,1-2H3. The second-order valence-corrected chi connectivity index (χ2v) is 7.35. The Morgan fingerprint density at radius 3 is 2.25 bits per heavy atom. The summed E-state index contributed by atoms with van der Waals surface area (Å²) in [6.45, 7) is 8.25. The zero-order valence-electron chi connectivity index (χ0n) is 16.8. The number of aliphatic hydroxyl groups is 1. The van der Waals surface area contributed by atoms with Crippen molar-refractivity contribution in [3.05, 3.63) is 59.7 Å². The highest BCUT2D eigenvalue weighted by atomic mass is 16.5. The van der Waals surface area contributed by atoms with E-state index in [1.54, 1.807) is 6.92 Å². The van der Waals surface area contributed by atoms with Gasteiger partial charge < -0.3 is 14.7 Å². The molecule has 0 amide bonds. The number of nitrogens with zero attached hydrogens (tertiary/aromatic N) is 2. The minimum Gasteiger partial charge on any atom is -0.491 e. The van der Waals surface area contributed by atoms with E-state index in [0.29, 0.717) is 13.2 Å². The van der Waals surface area contributed by atoms with Gasteiger partial charge in [0.1, 0.15) is 18.5 Å². The summed E-state index contributed by atoms with van der Waals surface area (Å²) >= 11 is 0. The van der Waals surface area contributed by atoms with Crippen LogP contribution in [0.4, 0.5) is 5.69 Å². The van der Waals surface area contributed by atoms with Crippen LogP contribution in [-0.2, 0) is 6.42 Å². The number of aliphatic hydroxyl groups excluding tert-OH is 1. The number of carbonyl (C=O) groups is 1. The van der Waals surface area contributed by atoms with Crippen LogP contribution in [0.5, 0.6) is 5.75 Å². The first-order valence-corrected chi connectivity index (χ1v) is 10.0. The van der Waals surface area contributed by atoms with Crippen molar-refractivity contribution >= 4 is 11.5 Å². The van der Waals surface area contributed by atoms with Gasteiger partial charge in [-0.1, -0.05) is 19.1 Å². The van der Waals surface area contributed by atoms with Gasteiger partial charge in [0, 0.05) is 44.0 Å². The molecule has 1 aliphatic rings. The lowest BCUT2D eigenvalue weighted by Gasteiger charge is -2.36. The van der Waals surface area contributed by atoms with Crippen molar-refractivity contribution < 1.29 is 14.6 Å². The number of ketones is 1. The number of hydrogen-bond donors (Lipinski definition) is 1. The Balaban J connectivity index is 1.41. The first-order valence-electron chi connectivity index (χ1n) is 10.0. The third kappa shape index (κ3) is 5.57. The maximum absolute atomic E-state index is 11.4. The van der Waals surface area contributed by atoms with E-state index < -0.39 is 6.10 Å². The smallest absolute Gasteiger partial charge is 0.159 e. The fraction of sp³-hybridized carbons (Fsp3) is 0.435. The highest BCUT2D eigenvalue weighted by molar-refractivity contribution is 5.94. The van der Waals surface area contributed by atoms with Crippen molar-refractivity contribution in [3.63, 3.8) is 0 Å². The van der Waals surface area contributed by atoms with Crippen molar-refractivity contribution in [2.24, 2.45) is 0 Å². The number of hydrogen-bond acceptors (Lipinski definition) is 5. The molecule has 0 spiro atoms. The van der Waals surface area contributed by atoms with Crippen LogP contribution >= 0.6 is 0 Å². The topological polar surface area (TPSA) is 53.0 Å². The lowest BCUT2D eigenvalue weighted by Crippen LogP contribution is -2.49. The molecule has 0 bridgehead atoms. The van der Waals surface area contributed by atoms with Gasteiger partial charge in [-0.05, 0) is 55.3 Å². The molecule has 1 heterocycles. The average molecular weight is 383 g/mol. The number of β-amino-alcohol motifs (C(OH)–C–C–N with tert-alkyl or cyclic N) is 1. The van der Waals surface area contributed by atoms with Crippen molar-refractivity contribution in [2.75, 3.05) is 44.2 Å². The van der Waals surface area contributed by atoms with E-state index in [1.807, 2.05) is 36.4 Å². The second kappa shape index (κ2) is 9.71. The van der Waals surface area contributed by atoms with Crippen molar-refractivity contribution in [1.29, 1.82) is 0 Å². The average Bonchev–Trinajstić information content (AvgIpc) is 2.73. The summed E-state index contributed by atoms with van der Waals surface area (Å²) in [4.78, 5) is 16.0. The molecule has 0 aliphatic carbocycles. The molecule has 1 saturated heterocycles. The zero-order chi connectivity index (χ0) is 19.9. The monoisotopic (exact) mass is 382 g/mol. The molecule has 1 atom stereocenters. The Bertz CT molecular complexity index is 750. The molecule has 1 unspecified atom stereocenters. The second-order valence-electron chi connectivity index (χ2n) is 7.35. The fourth-order valence-electron chi connectivity index (χ4n) is 3.46. The molecule has 28 heavy (non-hydrogen) atoms. The molecule has 2 aromatic rings. The van der Waals surface area contributed by atoms with E-state index in [-0.39, 0.29) is 5.78 Å². The fourth-order valence-corrected chi connectivity index (χ4v) is 3.46. The lowest BCUT2D eigenvalue weighted by molar-refractivity contribution is 0.0663. The molecule has 150 valence electrons. The number of Topliss-reactive ketones (excluding diaryl/α,β-unsaturated/α-hetero) is 1. The van der Waals surface area contributed by atoms with Crippen LogP contribution in [0.25, 0.3) is 0 Å². The van der Waals surface area contributed by atoms with E-state index in [9.17, 15) is 9.90 Å². The summed E-state index contributed by atoms with van der Waals surface area (Å²) in [6, 6.07) is 15.8. The molecule has 2 aromatic carbocycles. The normalized spacial score (nSPS) is 16.0. The van der Waals surface area contributed by atoms with Crippen LogP contribution < -0.4 is 9.64 Å². The molecule has 0 radical (unpaired) electrons. The first kappa shape index (κ1) is 20.4. The Kier molecular flexibility index (Phi) is 7.06. The number of aryl methyl sites for hydroxylation is 1. The van der Waals surface area contributed by atoms with Gasteiger partial charge in [-0.2, -0.15) is 0 Å². The summed E-state index contributed by atoms with van der Waals surface area (Å²) in [5.41, 5.74) is 3.17. The van der Waals surface area contributed by atoms with Crippen molar-refractivity contribution in [2.45, 2.75) is 26.4 Å². The maximum atomic E-state index is 11.4. The predicted octanol–water partition coefficient (Wildman–Crippen LogP) is 3.01. The Labute approximate surface area is 167 Å². The highest BCUT2D eigenvalue weighted by Crippen LogP contribution is 2.18. The van der Waals surface area contributed by atoms with E-state index in [2.05, 4.69) is 28.9 Å². The van der Waals surface area contributed by atoms with E-state index >= 15 is 0 Å². The number of benzene rings is 2. The molecular formula is C23H30N2O3. The largest absolute Gasteiger partial charge is 0.491 e. The molecule has 3 rings (SSSR count). The molecule has 5 heteroatoms. The third-order valence-corrected chi connectivity index (χ3v) is 5.25. The Hall–Kier alpha value is -2.37. The summed E-state index contributed by atoms with van der Waals surface area (Å²) < 4.78 is 5.72. The molecule has 1 aliphatic heterocycles. The molecule has 0 saturated carbocycles. The summed E-state index contributed by atoms with van der Waals surface area (Å²) in [5.74, 6) is 0.893.